The molecule has 0 fully saturated rings. The van der Waals surface area contributed by atoms with E-state index in [2.05, 4.69) is 11.1 Å². The third kappa shape index (κ3) is 3.70. The van der Waals surface area contributed by atoms with Gasteiger partial charge in [-0.3, -0.25) is 4.79 Å². The van der Waals surface area contributed by atoms with Crippen LogP contribution >= 0.6 is 11.6 Å². The molecule has 5 heteroatoms. The Balaban J connectivity index is 0.00000180. The second kappa shape index (κ2) is 6.57. The van der Waals surface area contributed by atoms with Gasteiger partial charge in [-0.25, -0.2) is 0 Å². The van der Waals surface area contributed by atoms with E-state index in [1.165, 1.54) is 0 Å². The van der Waals surface area contributed by atoms with Crippen LogP contribution in [0.5, 0.6) is 0 Å². The molecule has 0 unspecified atom stereocenters. The molecule has 0 atom stereocenters. The molecule has 2 aromatic carbocycles. The first-order chi connectivity index (χ1) is 8.58. The molecule has 2 rings (SSSR count). The summed E-state index contributed by atoms with van der Waals surface area (Å²) in [4.78, 5) is 12.0. The van der Waals surface area contributed by atoms with E-state index in [4.69, 9.17) is 11.6 Å². The van der Waals surface area contributed by atoms with Crippen LogP contribution in [-0.4, -0.2) is 5.91 Å². The van der Waals surface area contributed by atoms with Crippen molar-refractivity contribution in [2.45, 2.75) is 6.92 Å². The standard InChI is InChI=1S/C14H13ClN2O.ClH/c1-9-4-2-3-5-13(9)17-14(18)10-6-7-12(16)11(15)8-10;/h2-8H,16H2,1H3,(H,17,18);1H. The van der Waals surface area contributed by atoms with Crippen LogP contribution in [0.25, 0.3) is 0 Å². The lowest BCUT2D eigenvalue weighted by Gasteiger charge is -2.08. The number of quaternary nitrogens is 1. The topological polar surface area (TPSA) is 56.7 Å². The van der Waals surface area contributed by atoms with Crippen LogP contribution < -0.4 is 23.5 Å². The van der Waals surface area contributed by atoms with Gasteiger partial charge < -0.3 is 23.5 Å². The summed E-state index contributed by atoms with van der Waals surface area (Å²) in [7, 11) is 0. The number of hydrogen-bond donors (Lipinski definition) is 2. The molecule has 0 saturated carbocycles. The van der Waals surface area contributed by atoms with Crippen molar-refractivity contribution in [3.8, 4) is 0 Å². The zero-order valence-electron chi connectivity index (χ0n) is 10.4. The smallest absolute Gasteiger partial charge is 0.255 e. The number of benzene rings is 2. The number of amides is 1. The Bertz CT molecular complexity index is 600. The first-order valence-electron chi connectivity index (χ1n) is 5.56. The van der Waals surface area contributed by atoms with E-state index in [1.807, 2.05) is 31.2 Å². The van der Waals surface area contributed by atoms with Gasteiger partial charge in [-0.05, 0) is 30.7 Å². The average Bonchev–Trinajstić information content (AvgIpc) is 2.35. The molecule has 1 amide bonds. The molecule has 2 aromatic rings. The molecule has 4 N–H and O–H groups in total. The first-order valence-corrected chi connectivity index (χ1v) is 5.94. The van der Waals surface area contributed by atoms with Crippen molar-refractivity contribution in [2.75, 3.05) is 5.32 Å². The minimum Gasteiger partial charge on any atom is -1.00 e. The van der Waals surface area contributed by atoms with Crippen LogP contribution in [0.4, 0.5) is 11.4 Å². The molecule has 19 heavy (non-hydrogen) atoms. The highest BCUT2D eigenvalue weighted by Gasteiger charge is 2.10. The van der Waals surface area contributed by atoms with Gasteiger partial charge in [-0.15, -0.1) is 0 Å². The fourth-order valence-corrected chi connectivity index (χ4v) is 1.78. The van der Waals surface area contributed by atoms with E-state index in [9.17, 15) is 4.79 Å². The SMILES string of the molecule is Cc1ccccc1NC(=O)c1ccc([NH3+])c(Cl)c1.[Cl-]. The molecule has 0 aliphatic heterocycles. The largest absolute Gasteiger partial charge is 1.00 e. The molecule has 0 spiro atoms. The monoisotopic (exact) mass is 296 g/mol. The Labute approximate surface area is 123 Å². The third-order valence-corrected chi connectivity index (χ3v) is 3.06. The van der Waals surface area contributed by atoms with Crippen molar-refractivity contribution in [1.82, 2.24) is 0 Å². The molecular weight excluding hydrogens is 283 g/mol. The average molecular weight is 297 g/mol. The van der Waals surface area contributed by atoms with Gasteiger partial charge in [0.1, 0.15) is 10.7 Å². The first kappa shape index (κ1) is 15.5. The van der Waals surface area contributed by atoms with Gasteiger partial charge in [0.2, 0.25) is 0 Å². The van der Waals surface area contributed by atoms with Crippen LogP contribution in [0.3, 0.4) is 0 Å². The molecule has 0 heterocycles. The van der Waals surface area contributed by atoms with Crippen LogP contribution in [0.1, 0.15) is 15.9 Å². The molecule has 0 aliphatic carbocycles. The Kier molecular flexibility index (Phi) is 5.36. The van der Waals surface area contributed by atoms with Crippen molar-refractivity contribution in [2.24, 2.45) is 0 Å². The summed E-state index contributed by atoms with van der Waals surface area (Å²) in [5.74, 6) is -0.175. The van der Waals surface area contributed by atoms with Gasteiger partial charge >= 0.3 is 0 Å². The Morgan fingerprint density at radius 1 is 1.21 bits per heavy atom. The van der Waals surface area contributed by atoms with E-state index < -0.39 is 0 Å². The maximum atomic E-state index is 12.0. The number of para-hydroxylation sites is 1. The predicted octanol–water partition coefficient (Wildman–Crippen LogP) is -0.222. The van der Waals surface area contributed by atoms with E-state index in [-0.39, 0.29) is 18.3 Å². The van der Waals surface area contributed by atoms with Crippen molar-refractivity contribution in [3.63, 3.8) is 0 Å². The molecule has 0 aromatic heterocycles. The zero-order valence-corrected chi connectivity index (χ0v) is 11.9. The van der Waals surface area contributed by atoms with Crippen LogP contribution in [0.2, 0.25) is 5.02 Å². The minimum atomic E-state index is -0.175. The van der Waals surface area contributed by atoms with Gasteiger partial charge in [-0.2, -0.15) is 0 Å². The van der Waals surface area contributed by atoms with Gasteiger partial charge in [0.25, 0.3) is 5.91 Å². The summed E-state index contributed by atoms with van der Waals surface area (Å²) in [5.41, 5.74) is 6.81. The highest BCUT2D eigenvalue weighted by atomic mass is 35.5. The van der Waals surface area contributed by atoms with Crippen molar-refractivity contribution < 1.29 is 22.9 Å². The Hall–Kier alpha value is -1.55. The molecule has 0 saturated heterocycles. The molecular formula is C14H14Cl2N2O. The zero-order chi connectivity index (χ0) is 13.1. The lowest BCUT2D eigenvalue weighted by Crippen LogP contribution is -3.00. The summed E-state index contributed by atoms with van der Waals surface area (Å²) < 4.78 is 0. The van der Waals surface area contributed by atoms with Crippen LogP contribution in [0.15, 0.2) is 42.5 Å². The van der Waals surface area contributed by atoms with Crippen molar-refractivity contribution in [1.29, 1.82) is 0 Å². The lowest BCUT2D eigenvalue weighted by molar-refractivity contribution is -0.254. The number of rotatable bonds is 2. The molecule has 0 radical (unpaired) electrons. The molecule has 3 nitrogen and oxygen atoms in total. The number of carbonyl (C=O) groups is 1. The van der Waals surface area contributed by atoms with Crippen molar-refractivity contribution >= 4 is 28.9 Å². The van der Waals surface area contributed by atoms with E-state index in [0.717, 1.165) is 11.3 Å². The van der Waals surface area contributed by atoms with Crippen molar-refractivity contribution in [3.05, 3.63) is 58.6 Å². The second-order valence-electron chi connectivity index (χ2n) is 4.08. The minimum absolute atomic E-state index is 0. The quantitative estimate of drug-likeness (QED) is 0.791. The molecule has 0 aliphatic rings. The molecule has 0 bridgehead atoms. The highest BCUT2D eigenvalue weighted by molar-refractivity contribution is 6.33. The highest BCUT2D eigenvalue weighted by Crippen LogP contribution is 2.20. The lowest BCUT2D eigenvalue weighted by atomic mass is 10.1. The third-order valence-electron chi connectivity index (χ3n) is 2.71. The van der Waals surface area contributed by atoms with Crippen LogP contribution in [-0.2, 0) is 0 Å². The maximum absolute atomic E-state index is 12.0. The number of hydrogen-bond acceptors (Lipinski definition) is 1. The van der Waals surface area contributed by atoms with Gasteiger partial charge in [0, 0.05) is 17.3 Å². The maximum Gasteiger partial charge on any atom is 0.255 e. The number of anilines is 1. The Morgan fingerprint density at radius 3 is 2.53 bits per heavy atom. The van der Waals surface area contributed by atoms with Gasteiger partial charge in [-0.1, -0.05) is 29.8 Å². The van der Waals surface area contributed by atoms with Gasteiger partial charge in [0.05, 0.1) is 0 Å². The number of carbonyl (C=O) groups excluding carboxylic acids is 1. The number of nitrogens with one attached hydrogen (secondary N) is 1. The van der Waals surface area contributed by atoms with E-state index in [0.29, 0.717) is 16.3 Å². The van der Waals surface area contributed by atoms with E-state index in [1.54, 1.807) is 18.2 Å². The summed E-state index contributed by atoms with van der Waals surface area (Å²) in [6.07, 6.45) is 0. The summed E-state index contributed by atoms with van der Waals surface area (Å²) in [6.45, 7) is 1.95. The molecule has 100 valence electrons. The second-order valence-corrected chi connectivity index (χ2v) is 4.48. The fourth-order valence-electron chi connectivity index (χ4n) is 1.60. The summed E-state index contributed by atoms with van der Waals surface area (Å²) >= 11 is 5.95. The number of halogens is 2. The Morgan fingerprint density at radius 2 is 1.89 bits per heavy atom. The predicted molar refractivity (Wildman–Crippen MR) is 73.1 cm³/mol. The fraction of sp³-hybridized carbons (Fsp3) is 0.0714. The summed E-state index contributed by atoms with van der Waals surface area (Å²) in [5, 5.41) is 3.35. The van der Waals surface area contributed by atoms with Gasteiger partial charge in [0.15, 0.2) is 0 Å². The normalized spacial score (nSPS) is 9.63. The summed E-state index contributed by atoms with van der Waals surface area (Å²) in [6, 6.07) is 12.7. The van der Waals surface area contributed by atoms with Crippen LogP contribution in [0, 0.1) is 6.92 Å². The van der Waals surface area contributed by atoms with E-state index >= 15 is 0 Å². The number of aryl methyl sites for hydroxylation is 1.